The van der Waals surface area contributed by atoms with E-state index in [0.29, 0.717) is 22.6 Å². The lowest BCUT2D eigenvalue weighted by Gasteiger charge is -2.12. The fourth-order valence-corrected chi connectivity index (χ4v) is 2.81. The predicted molar refractivity (Wildman–Crippen MR) is 110 cm³/mol. The minimum absolute atomic E-state index is 0.0644. The van der Waals surface area contributed by atoms with Crippen molar-refractivity contribution in [2.75, 3.05) is 12.4 Å². The van der Waals surface area contributed by atoms with E-state index >= 15 is 0 Å². The summed E-state index contributed by atoms with van der Waals surface area (Å²) in [6.07, 6.45) is 1.41. The van der Waals surface area contributed by atoms with E-state index in [1.807, 2.05) is 6.92 Å². The molecule has 3 aromatic rings. The SMILES string of the molecule is COc1ccc(C(C)=O)cc1COC(=O)c1ccc(C)c(NC(=O)c2ccco2)c1. The Labute approximate surface area is 173 Å². The number of ether oxygens (including phenoxy) is 2. The van der Waals surface area contributed by atoms with E-state index in [-0.39, 0.29) is 23.7 Å². The maximum Gasteiger partial charge on any atom is 0.338 e. The molecular weight excluding hydrogens is 386 g/mol. The molecule has 1 aromatic heterocycles. The molecule has 0 fully saturated rings. The standard InChI is InChI=1S/C23H21NO6/c1-14-6-7-17(12-19(14)24-22(26)21-5-4-10-29-21)23(27)30-13-18-11-16(15(2)25)8-9-20(18)28-3/h4-12H,13H2,1-3H3,(H,24,26). The quantitative estimate of drug-likeness (QED) is 0.461. The number of esters is 1. The fourth-order valence-electron chi connectivity index (χ4n) is 2.81. The van der Waals surface area contributed by atoms with Gasteiger partial charge in [0, 0.05) is 16.8 Å². The highest BCUT2D eigenvalue weighted by atomic mass is 16.5. The first kappa shape index (κ1) is 20.9. The summed E-state index contributed by atoms with van der Waals surface area (Å²) < 4.78 is 15.8. The molecule has 0 saturated heterocycles. The predicted octanol–water partition coefficient (Wildman–Crippen LogP) is 4.41. The van der Waals surface area contributed by atoms with Crippen LogP contribution in [-0.2, 0) is 11.3 Å². The van der Waals surface area contributed by atoms with Gasteiger partial charge in [-0.05, 0) is 61.9 Å². The van der Waals surface area contributed by atoms with Gasteiger partial charge in [0.05, 0.1) is 18.9 Å². The molecule has 3 rings (SSSR count). The topological polar surface area (TPSA) is 94.8 Å². The van der Waals surface area contributed by atoms with Crippen LogP contribution in [0, 0.1) is 6.92 Å². The number of furan rings is 1. The maximum absolute atomic E-state index is 12.6. The van der Waals surface area contributed by atoms with Crippen molar-refractivity contribution < 1.29 is 28.3 Å². The molecule has 0 atom stereocenters. The maximum atomic E-state index is 12.6. The van der Waals surface area contributed by atoms with Crippen LogP contribution < -0.4 is 10.1 Å². The van der Waals surface area contributed by atoms with Crippen LogP contribution in [0.5, 0.6) is 5.75 Å². The molecule has 0 unspecified atom stereocenters. The largest absolute Gasteiger partial charge is 0.496 e. The Morgan fingerprint density at radius 1 is 1.03 bits per heavy atom. The van der Waals surface area contributed by atoms with Crippen molar-refractivity contribution in [1.82, 2.24) is 0 Å². The van der Waals surface area contributed by atoms with Crippen LogP contribution >= 0.6 is 0 Å². The van der Waals surface area contributed by atoms with E-state index in [4.69, 9.17) is 13.9 Å². The Balaban J connectivity index is 1.74. The van der Waals surface area contributed by atoms with E-state index in [9.17, 15) is 14.4 Å². The van der Waals surface area contributed by atoms with Gasteiger partial charge in [-0.15, -0.1) is 0 Å². The number of anilines is 1. The van der Waals surface area contributed by atoms with Crippen LogP contribution in [0.15, 0.2) is 59.2 Å². The molecule has 1 heterocycles. The van der Waals surface area contributed by atoms with Crippen molar-refractivity contribution in [1.29, 1.82) is 0 Å². The van der Waals surface area contributed by atoms with Crippen LogP contribution in [0.2, 0.25) is 0 Å². The summed E-state index contributed by atoms with van der Waals surface area (Å²) in [5, 5.41) is 2.72. The molecule has 0 aliphatic rings. The van der Waals surface area contributed by atoms with Crippen LogP contribution in [-0.4, -0.2) is 24.8 Å². The number of aryl methyl sites for hydroxylation is 1. The molecular formula is C23H21NO6. The minimum Gasteiger partial charge on any atom is -0.496 e. The fraction of sp³-hybridized carbons (Fsp3) is 0.174. The van der Waals surface area contributed by atoms with E-state index < -0.39 is 11.9 Å². The highest BCUT2D eigenvalue weighted by molar-refractivity contribution is 6.03. The van der Waals surface area contributed by atoms with E-state index in [1.54, 1.807) is 48.5 Å². The summed E-state index contributed by atoms with van der Waals surface area (Å²) in [5.74, 6) is -0.401. The van der Waals surface area contributed by atoms with E-state index in [0.717, 1.165) is 5.56 Å². The highest BCUT2D eigenvalue weighted by Gasteiger charge is 2.15. The Bertz CT molecular complexity index is 1090. The third-order valence-corrected chi connectivity index (χ3v) is 4.51. The zero-order valence-electron chi connectivity index (χ0n) is 16.9. The Hall–Kier alpha value is -3.87. The van der Waals surface area contributed by atoms with Crippen molar-refractivity contribution in [3.8, 4) is 5.75 Å². The van der Waals surface area contributed by atoms with E-state index in [2.05, 4.69) is 5.32 Å². The third kappa shape index (κ3) is 4.75. The van der Waals surface area contributed by atoms with Crippen molar-refractivity contribution in [3.05, 3.63) is 82.8 Å². The molecule has 30 heavy (non-hydrogen) atoms. The molecule has 2 aromatic carbocycles. The van der Waals surface area contributed by atoms with Crippen LogP contribution in [0.25, 0.3) is 0 Å². The molecule has 0 saturated carbocycles. The van der Waals surface area contributed by atoms with Gasteiger partial charge in [-0.3, -0.25) is 9.59 Å². The van der Waals surface area contributed by atoms with Crippen LogP contribution in [0.3, 0.4) is 0 Å². The van der Waals surface area contributed by atoms with Crippen molar-refractivity contribution in [3.63, 3.8) is 0 Å². The minimum atomic E-state index is -0.571. The number of ketones is 1. The molecule has 7 nitrogen and oxygen atoms in total. The van der Waals surface area contributed by atoms with Gasteiger partial charge in [0.15, 0.2) is 11.5 Å². The third-order valence-electron chi connectivity index (χ3n) is 4.51. The number of nitrogens with one attached hydrogen (secondary N) is 1. The number of carbonyl (C=O) groups excluding carboxylic acids is 3. The molecule has 154 valence electrons. The van der Waals surface area contributed by atoms with Crippen molar-refractivity contribution in [2.24, 2.45) is 0 Å². The second-order valence-electron chi connectivity index (χ2n) is 6.62. The number of rotatable bonds is 7. The molecule has 0 aliphatic heterocycles. The second kappa shape index (κ2) is 9.09. The number of amides is 1. The summed E-state index contributed by atoms with van der Waals surface area (Å²) in [5.41, 5.74) is 2.61. The number of hydrogen-bond acceptors (Lipinski definition) is 6. The molecule has 0 spiro atoms. The Morgan fingerprint density at radius 2 is 1.80 bits per heavy atom. The molecule has 1 N–H and O–H groups in total. The van der Waals surface area contributed by atoms with Gasteiger partial charge in [-0.25, -0.2) is 4.79 Å². The molecule has 1 amide bonds. The average Bonchev–Trinajstić information content (AvgIpc) is 3.28. The molecule has 0 aliphatic carbocycles. The number of hydrogen-bond donors (Lipinski definition) is 1. The normalized spacial score (nSPS) is 10.4. The number of benzene rings is 2. The van der Waals surface area contributed by atoms with Crippen LogP contribution in [0.1, 0.15) is 49.3 Å². The summed E-state index contributed by atoms with van der Waals surface area (Å²) in [6.45, 7) is 3.21. The zero-order chi connectivity index (χ0) is 21.7. The lowest BCUT2D eigenvalue weighted by atomic mass is 10.1. The van der Waals surface area contributed by atoms with Gasteiger partial charge in [0.2, 0.25) is 0 Å². The van der Waals surface area contributed by atoms with Gasteiger partial charge in [-0.1, -0.05) is 6.07 Å². The van der Waals surface area contributed by atoms with Crippen molar-refractivity contribution >= 4 is 23.3 Å². The Morgan fingerprint density at radius 3 is 2.47 bits per heavy atom. The van der Waals surface area contributed by atoms with Gasteiger partial charge < -0.3 is 19.2 Å². The summed E-state index contributed by atoms with van der Waals surface area (Å²) in [6, 6.07) is 13.0. The summed E-state index contributed by atoms with van der Waals surface area (Å²) in [4.78, 5) is 36.4. The summed E-state index contributed by atoms with van der Waals surface area (Å²) >= 11 is 0. The first-order chi connectivity index (χ1) is 14.4. The number of methoxy groups -OCH3 is 1. The Kier molecular flexibility index (Phi) is 6.32. The van der Waals surface area contributed by atoms with Gasteiger partial charge in [0.25, 0.3) is 5.91 Å². The average molecular weight is 407 g/mol. The van der Waals surface area contributed by atoms with Gasteiger partial charge >= 0.3 is 5.97 Å². The smallest absolute Gasteiger partial charge is 0.338 e. The van der Waals surface area contributed by atoms with Crippen molar-refractivity contribution in [2.45, 2.75) is 20.5 Å². The van der Waals surface area contributed by atoms with E-state index in [1.165, 1.54) is 20.3 Å². The molecule has 0 radical (unpaired) electrons. The number of carbonyl (C=O) groups is 3. The number of Topliss-reactive ketones (excluding diaryl/α,β-unsaturated/α-hetero) is 1. The zero-order valence-corrected chi connectivity index (χ0v) is 16.9. The summed E-state index contributed by atoms with van der Waals surface area (Å²) in [7, 11) is 1.50. The lowest BCUT2D eigenvalue weighted by molar-refractivity contribution is 0.0470. The second-order valence-corrected chi connectivity index (χ2v) is 6.62. The van der Waals surface area contributed by atoms with Crippen LogP contribution in [0.4, 0.5) is 5.69 Å². The molecule has 0 bridgehead atoms. The first-order valence-corrected chi connectivity index (χ1v) is 9.19. The lowest BCUT2D eigenvalue weighted by Crippen LogP contribution is -2.13. The monoisotopic (exact) mass is 407 g/mol. The first-order valence-electron chi connectivity index (χ1n) is 9.19. The molecule has 7 heteroatoms. The highest BCUT2D eigenvalue weighted by Crippen LogP contribution is 2.23. The van der Waals surface area contributed by atoms with Gasteiger partial charge in [0.1, 0.15) is 12.4 Å². The van der Waals surface area contributed by atoms with Gasteiger partial charge in [-0.2, -0.15) is 0 Å².